The minimum atomic E-state index is -0.552. The molecule has 0 unspecified atom stereocenters. The van der Waals surface area contributed by atoms with Crippen molar-refractivity contribution in [2.24, 2.45) is 0 Å². The van der Waals surface area contributed by atoms with Crippen LogP contribution < -0.4 is 10.2 Å². The Balaban J connectivity index is 2.38. The van der Waals surface area contributed by atoms with Crippen molar-refractivity contribution in [2.45, 2.75) is 25.9 Å². The molecule has 0 aromatic carbocycles. The van der Waals surface area contributed by atoms with Gasteiger partial charge in [0.15, 0.2) is 0 Å². The minimum absolute atomic E-state index is 0.139. The molecule has 104 valence electrons. The van der Waals surface area contributed by atoms with E-state index in [4.69, 9.17) is 0 Å². The fraction of sp³-hybridized carbons (Fsp3) is 0.571. The summed E-state index contributed by atoms with van der Waals surface area (Å²) in [5.74, 6) is 1.04. The second kappa shape index (κ2) is 5.17. The van der Waals surface area contributed by atoms with Gasteiger partial charge >= 0.3 is 0 Å². The van der Waals surface area contributed by atoms with E-state index in [0.29, 0.717) is 0 Å². The van der Waals surface area contributed by atoms with Crippen LogP contribution in [0.5, 0.6) is 0 Å². The van der Waals surface area contributed by atoms with Gasteiger partial charge in [0.2, 0.25) is 5.91 Å². The van der Waals surface area contributed by atoms with E-state index in [2.05, 4.69) is 21.3 Å². The number of carbonyl (C=O) groups is 1. The number of nitrogens with one attached hydrogen (secondary N) is 1. The minimum Gasteiger partial charge on any atom is -0.342 e. The number of nitrogens with zero attached hydrogens (tertiary/aromatic N) is 3. The number of hydrogen-bond donors (Lipinski definition) is 1. The Morgan fingerprint density at radius 3 is 2.84 bits per heavy atom. The van der Waals surface area contributed by atoms with Crippen LogP contribution in [0.2, 0.25) is 0 Å². The van der Waals surface area contributed by atoms with Crippen molar-refractivity contribution in [3.63, 3.8) is 0 Å². The first-order valence-corrected chi connectivity index (χ1v) is 6.60. The number of rotatable bonds is 3. The summed E-state index contributed by atoms with van der Waals surface area (Å²) in [7, 11) is 3.77. The lowest BCUT2D eigenvalue weighted by atomic mass is 9.97. The van der Waals surface area contributed by atoms with Crippen LogP contribution in [0.3, 0.4) is 0 Å². The first-order valence-electron chi connectivity index (χ1n) is 6.60. The highest BCUT2D eigenvalue weighted by atomic mass is 16.2. The Kier molecular flexibility index (Phi) is 3.75. The van der Waals surface area contributed by atoms with Crippen molar-refractivity contribution < 1.29 is 4.79 Å². The van der Waals surface area contributed by atoms with Gasteiger partial charge in [-0.1, -0.05) is 6.07 Å². The molecule has 1 aromatic heterocycles. The van der Waals surface area contributed by atoms with Gasteiger partial charge in [0.1, 0.15) is 11.4 Å². The SMILES string of the molecule is CNCc1cccnc1N1CCN(C)C(=O)C1(C)C. The van der Waals surface area contributed by atoms with Gasteiger partial charge < -0.3 is 15.1 Å². The average molecular weight is 262 g/mol. The zero-order valence-electron chi connectivity index (χ0n) is 12.1. The van der Waals surface area contributed by atoms with Crippen molar-refractivity contribution in [2.75, 3.05) is 32.1 Å². The monoisotopic (exact) mass is 262 g/mol. The lowest BCUT2D eigenvalue weighted by Crippen LogP contribution is -2.62. The van der Waals surface area contributed by atoms with E-state index in [1.54, 1.807) is 11.1 Å². The first-order chi connectivity index (χ1) is 8.98. The Bertz CT molecular complexity index is 472. The molecule has 2 rings (SSSR count). The van der Waals surface area contributed by atoms with E-state index in [-0.39, 0.29) is 5.91 Å². The third-order valence-corrected chi connectivity index (χ3v) is 3.69. The molecule has 0 radical (unpaired) electrons. The number of carbonyl (C=O) groups excluding carboxylic acids is 1. The molecule has 1 amide bonds. The molecule has 2 heterocycles. The lowest BCUT2D eigenvalue weighted by molar-refractivity contribution is -0.136. The smallest absolute Gasteiger partial charge is 0.247 e. The maximum absolute atomic E-state index is 12.3. The van der Waals surface area contributed by atoms with E-state index in [0.717, 1.165) is 31.0 Å². The zero-order valence-corrected chi connectivity index (χ0v) is 12.1. The fourth-order valence-electron chi connectivity index (χ4n) is 2.59. The molecule has 0 atom stereocenters. The molecule has 1 fully saturated rings. The van der Waals surface area contributed by atoms with Crippen LogP contribution in [0.1, 0.15) is 19.4 Å². The molecule has 1 aromatic rings. The number of anilines is 1. The predicted octanol–water partition coefficient (Wildman–Crippen LogP) is 0.858. The van der Waals surface area contributed by atoms with Crippen LogP contribution >= 0.6 is 0 Å². The van der Waals surface area contributed by atoms with Crippen molar-refractivity contribution in [1.29, 1.82) is 0 Å². The number of likely N-dealkylation sites (N-methyl/N-ethyl adjacent to an activating group) is 1. The van der Waals surface area contributed by atoms with Crippen molar-refractivity contribution in [1.82, 2.24) is 15.2 Å². The first kappa shape index (κ1) is 13.8. The van der Waals surface area contributed by atoms with Gasteiger partial charge in [-0.3, -0.25) is 4.79 Å². The van der Waals surface area contributed by atoms with Crippen LogP contribution in [0.25, 0.3) is 0 Å². The van der Waals surface area contributed by atoms with Gasteiger partial charge in [-0.15, -0.1) is 0 Å². The summed E-state index contributed by atoms with van der Waals surface area (Å²) >= 11 is 0. The van der Waals surface area contributed by atoms with Crippen molar-refractivity contribution in [3.8, 4) is 0 Å². The van der Waals surface area contributed by atoms with Crippen LogP contribution in [-0.2, 0) is 11.3 Å². The van der Waals surface area contributed by atoms with Gasteiger partial charge in [0, 0.05) is 38.4 Å². The van der Waals surface area contributed by atoms with E-state index in [1.807, 2.05) is 34.0 Å². The molecule has 1 aliphatic heterocycles. The molecular formula is C14H22N4O. The topological polar surface area (TPSA) is 48.5 Å². The van der Waals surface area contributed by atoms with E-state index in [9.17, 15) is 4.79 Å². The zero-order chi connectivity index (χ0) is 14.0. The summed E-state index contributed by atoms with van der Waals surface area (Å²) in [5, 5.41) is 3.15. The normalized spacial score (nSPS) is 18.8. The third kappa shape index (κ3) is 2.42. The van der Waals surface area contributed by atoms with Crippen molar-refractivity contribution >= 4 is 11.7 Å². The van der Waals surface area contributed by atoms with Crippen LogP contribution in [0, 0.1) is 0 Å². The highest BCUT2D eigenvalue weighted by molar-refractivity contribution is 5.90. The van der Waals surface area contributed by atoms with Crippen LogP contribution in [-0.4, -0.2) is 48.5 Å². The Labute approximate surface area is 114 Å². The molecule has 19 heavy (non-hydrogen) atoms. The molecule has 0 spiro atoms. The van der Waals surface area contributed by atoms with Gasteiger partial charge in [0.05, 0.1) is 0 Å². The molecule has 0 saturated carbocycles. The van der Waals surface area contributed by atoms with E-state index in [1.165, 1.54) is 0 Å². The maximum Gasteiger partial charge on any atom is 0.247 e. The Morgan fingerprint density at radius 1 is 1.42 bits per heavy atom. The Hall–Kier alpha value is -1.62. The quantitative estimate of drug-likeness (QED) is 0.877. The van der Waals surface area contributed by atoms with Gasteiger partial charge in [-0.05, 0) is 27.0 Å². The maximum atomic E-state index is 12.3. The molecule has 1 N–H and O–H groups in total. The fourth-order valence-corrected chi connectivity index (χ4v) is 2.59. The van der Waals surface area contributed by atoms with Gasteiger partial charge in [0.25, 0.3) is 0 Å². The summed E-state index contributed by atoms with van der Waals surface area (Å²) in [6.45, 7) is 6.21. The summed E-state index contributed by atoms with van der Waals surface area (Å²) in [6, 6.07) is 3.98. The number of hydrogen-bond acceptors (Lipinski definition) is 4. The predicted molar refractivity (Wildman–Crippen MR) is 76.1 cm³/mol. The van der Waals surface area contributed by atoms with Crippen molar-refractivity contribution in [3.05, 3.63) is 23.9 Å². The Morgan fingerprint density at radius 2 is 2.16 bits per heavy atom. The van der Waals surface area contributed by atoms with E-state index >= 15 is 0 Å². The summed E-state index contributed by atoms with van der Waals surface area (Å²) in [6.07, 6.45) is 1.79. The highest BCUT2D eigenvalue weighted by Gasteiger charge is 2.41. The second-order valence-electron chi connectivity index (χ2n) is 5.45. The average Bonchev–Trinajstić information content (AvgIpc) is 2.38. The summed E-state index contributed by atoms with van der Waals surface area (Å²) < 4.78 is 0. The lowest BCUT2D eigenvalue weighted by Gasteiger charge is -2.46. The number of amides is 1. The standard InChI is InChI=1S/C14H22N4O/c1-14(2)13(19)17(4)8-9-18(14)12-11(10-15-3)6-5-7-16-12/h5-7,15H,8-10H2,1-4H3. The second-order valence-corrected chi connectivity index (χ2v) is 5.45. The molecular weight excluding hydrogens is 240 g/mol. The molecule has 1 saturated heterocycles. The molecule has 0 bridgehead atoms. The largest absolute Gasteiger partial charge is 0.342 e. The summed E-state index contributed by atoms with van der Waals surface area (Å²) in [5.41, 5.74) is 0.569. The molecule has 5 nitrogen and oxygen atoms in total. The number of pyridine rings is 1. The number of piperazine rings is 1. The molecule has 5 heteroatoms. The van der Waals surface area contributed by atoms with Crippen LogP contribution in [0.15, 0.2) is 18.3 Å². The highest BCUT2D eigenvalue weighted by Crippen LogP contribution is 2.29. The number of aromatic nitrogens is 1. The van der Waals surface area contributed by atoms with Gasteiger partial charge in [-0.2, -0.15) is 0 Å². The summed E-state index contributed by atoms with van der Waals surface area (Å²) in [4.78, 5) is 20.7. The third-order valence-electron chi connectivity index (χ3n) is 3.69. The van der Waals surface area contributed by atoms with Gasteiger partial charge in [-0.25, -0.2) is 4.98 Å². The molecule has 1 aliphatic rings. The van der Waals surface area contributed by atoms with E-state index < -0.39 is 5.54 Å². The van der Waals surface area contributed by atoms with Crippen LogP contribution in [0.4, 0.5) is 5.82 Å². The molecule has 0 aliphatic carbocycles.